The van der Waals surface area contributed by atoms with Crippen molar-refractivity contribution < 1.29 is 0 Å². The van der Waals surface area contributed by atoms with E-state index < -0.39 is 0 Å². The van der Waals surface area contributed by atoms with Crippen molar-refractivity contribution in [3.05, 3.63) is 5.82 Å². The zero-order valence-electron chi connectivity index (χ0n) is 16.4. The second-order valence-corrected chi connectivity index (χ2v) is 9.00. The van der Waals surface area contributed by atoms with Gasteiger partial charge in [0.05, 0.1) is 0 Å². The molecule has 3 nitrogen and oxygen atoms in total. The van der Waals surface area contributed by atoms with E-state index in [1.54, 1.807) is 0 Å². The van der Waals surface area contributed by atoms with Crippen molar-refractivity contribution in [2.24, 2.45) is 0 Å². The molecule has 1 N–H and O–H groups in total. The normalized spacial score (nSPS) is 15.7. The molecule has 1 aromatic heterocycles. The quantitative estimate of drug-likeness (QED) is 0.358. The smallest absolute Gasteiger partial charge is 0.208 e. The van der Waals surface area contributed by atoms with Crippen molar-refractivity contribution in [3.63, 3.8) is 0 Å². The lowest BCUT2D eigenvalue weighted by Gasteiger charge is -2.18. The van der Waals surface area contributed by atoms with Crippen molar-refractivity contribution in [1.82, 2.24) is 15.2 Å². The summed E-state index contributed by atoms with van der Waals surface area (Å²) in [5, 5.41) is 9.28. The van der Waals surface area contributed by atoms with E-state index in [0.29, 0.717) is 0 Å². The molecule has 1 fully saturated rings. The number of nitrogens with one attached hydrogen (secondary N) is 1. The van der Waals surface area contributed by atoms with Crippen LogP contribution in [0.2, 0.25) is 0 Å². The summed E-state index contributed by atoms with van der Waals surface area (Å²) < 4.78 is 0. The van der Waals surface area contributed by atoms with Crippen molar-refractivity contribution in [3.8, 4) is 0 Å². The molecule has 2 rings (SSSR count). The zero-order valence-corrected chi connectivity index (χ0v) is 17.2. The summed E-state index contributed by atoms with van der Waals surface area (Å²) in [6.45, 7) is 2.29. The van der Waals surface area contributed by atoms with Gasteiger partial charge in [0.2, 0.25) is 5.16 Å². The molecule has 0 atom stereocenters. The van der Waals surface area contributed by atoms with Gasteiger partial charge in [0.1, 0.15) is 5.82 Å². The summed E-state index contributed by atoms with van der Waals surface area (Å²) in [6, 6.07) is 0. The first-order valence-electron chi connectivity index (χ1n) is 11.0. The lowest BCUT2D eigenvalue weighted by atomic mass is 10.0. The van der Waals surface area contributed by atoms with Gasteiger partial charge in [-0.2, -0.15) is 0 Å². The van der Waals surface area contributed by atoms with Gasteiger partial charge in [-0.1, -0.05) is 102 Å². The van der Waals surface area contributed by atoms with E-state index in [0.717, 1.165) is 22.7 Å². The van der Waals surface area contributed by atoms with Gasteiger partial charge in [0.15, 0.2) is 0 Å². The molecule has 0 amide bonds. The average molecular weight is 366 g/mol. The van der Waals surface area contributed by atoms with Crippen LogP contribution in [-0.2, 0) is 6.42 Å². The third-order valence-corrected chi connectivity index (χ3v) is 6.55. The first kappa shape index (κ1) is 20.8. The largest absolute Gasteiger partial charge is 0.262 e. The SMILES string of the molecule is CCCCCCCCCCCCCc1nc(SC2CCCCC2)n[nH]1. The molecule has 0 radical (unpaired) electrons. The van der Waals surface area contributed by atoms with E-state index in [1.165, 1.54) is 103 Å². The second kappa shape index (κ2) is 13.7. The number of hydrogen-bond donors (Lipinski definition) is 1. The lowest BCUT2D eigenvalue weighted by molar-refractivity contribution is 0.515. The van der Waals surface area contributed by atoms with E-state index in [1.807, 2.05) is 11.8 Å². The van der Waals surface area contributed by atoms with Crippen molar-refractivity contribution >= 4 is 11.8 Å². The summed E-state index contributed by atoms with van der Waals surface area (Å²) in [6.07, 6.45) is 23.3. The Bertz CT molecular complexity index is 427. The van der Waals surface area contributed by atoms with Crippen LogP contribution >= 0.6 is 11.8 Å². The highest BCUT2D eigenvalue weighted by Crippen LogP contribution is 2.31. The highest BCUT2D eigenvalue weighted by atomic mass is 32.2. The summed E-state index contributed by atoms with van der Waals surface area (Å²) >= 11 is 1.89. The number of aromatic nitrogens is 3. The number of thioether (sulfide) groups is 1. The number of aryl methyl sites for hydroxylation is 1. The molecule has 1 saturated carbocycles. The predicted octanol–water partition coefficient (Wildman–Crippen LogP) is 7.08. The molecular formula is C21H39N3S. The number of hydrogen-bond acceptors (Lipinski definition) is 3. The van der Waals surface area contributed by atoms with Crippen molar-refractivity contribution in [1.29, 1.82) is 0 Å². The second-order valence-electron chi connectivity index (χ2n) is 7.73. The van der Waals surface area contributed by atoms with E-state index in [4.69, 9.17) is 0 Å². The minimum Gasteiger partial charge on any atom is -0.262 e. The first-order chi connectivity index (χ1) is 12.4. The maximum atomic E-state index is 4.68. The van der Waals surface area contributed by atoms with Crippen LogP contribution in [0.1, 0.15) is 115 Å². The summed E-state index contributed by atoms with van der Waals surface area (Å²) in [5.41, 5.74) is 0. The number of nitrogens with zero attached hydrogens (tertiary/aromatic N) is 2. The van der Waals surface area contributed by atoms with E-state index in [-0.39, 0.29) is 0 Å². The molecule has 0 unspecified atom stereocenters. The van der Waals surface area contributed by atoms with Crippen LogP contribution in [0.25, 0.3) is 0 Å². The number of rotatable bonds is 14. The highest BCUT2D eigenvalue weighted by molar-refractivity contribution is 7.99. The fourth-order valence-corrected chi connectivity index (χ4v) is 4.86. The molecule has 0 spiro atoms. The number of H-pyrrole nitrogens is 1. The Morgan fingerprint density at radius 1 is 0.840 bits per heavy atom. The molecule has 4 heteroatoms. The molecule has 1 aliphatic rings. The predicted molar refractivity (Wildman–Crippen MR) is 109 cm³/mol. The fourth-order valence-electron chi connectivity index (χ4n) is 3.73. The van der Waals surface area contributed by atoms with Gasteiger partial charge in [0, 0.05) is 11.7 Å². The Hall–Kier alpha value is -0.510. The van der Waals surface area contributed by atoms with Gasteiger partial charge < -0.3 is 0 Å². The van der Waals surface area contributed by atoms with Crippen LogP contribution in [-0.4, -0.2) is 20.4 Å². The van der Waals surface area contributed by atoms with Crippen LogP contribution in [0.15, 0.2) is 5.16 Å². The molecule has 144 valence electrons. The molecule has 1 heterocycles. The third-order valence-electron chi connectivity index (χ3n) is 5.35. The van der Waals surface area contributed by atoms with E-state index in [2.05, 4.69) is 22.1 Å². The first-order valence-corrected chi connectivity index (χ1v) is 11.8. The van der Waals surface area contributed by atoms with Gasteiger partial charge in [-0.05, 0) is 19.3 Å². The van der Waals surface area contributed by atoms with Gasteiger partial charge >= 0.3 is 0 Å². The molecule has 0 bridgehead atoms. The molecule has 0 aliphatic heterocycles. The van der Waals surface area contributed by atoms with Crippen LogP contribution < -0.4 is 0 Å². The molecular weight excluding hydrogens is 326 g/mol. The van der Waals surface area contributed by atoms with Crippen LogP contribution in [0.4, 0.5) is 0 Å². The maximum Gasteiger partial charge on any atom is 0.208 e. The van der Waals surface area contributed by atoms with Crippen LogP contribution in [0.3, 0.4) is 0 Å². The maximum absolute atomic E-state index is 4.68. The monoisotopic (exact) mass is 365 g/mol. The minimum absolute atomic E-state index is 0.749. The zero-order chi connectivity index (χ0) is 17.6. The molecule has 0 saturated heterocycles. The van der Waals surface area contributed by atoms with Crippen molar-refractivity contribution in [2.45, 2.75) is 126 Å². The molecule has 0 aromatic carbocycles. The van der Waals surface area contributed by atoms with Gasteiger partial charge in [-0.3, -0.25) is 5.10 Å². The Kier molecular flexibility index (Phi) is 11.4. The fraction of sp³-hybridized carbons (Fsp3) is 0.905. The number of aromatic amines is 1. The standard InChI is InChI=1S/C21H39N3S/c1-2-3-4-5-6-7-8-9-10-11-15-18-20-22-21(24-23-20)25-19-16-13-12-14-17-19/h19H,2-18H2,1H3,(H,22,23,24). The summed E-state index contributed by atoms with van der Waals surface area (Å²) in [5.74, 6) is 1.09. The van der Waals surface area contributed by atoms with Gasteiger partial charge in [-0.15, -0.1) is 5.10 Å². The summed E-state index contributed by atoms with van der Waals surface area (Å²) in [4.78, 5) is 4.68. The molecule has 1 aliphatic carbocycles. The van der Waals surface area contributed by atoms with Crippen molar-refractivity contribution in [2.75, 3.05) is 0 Å². The van der Waals surface area contributed by atoms with Gasteiger partial charge in [0.25, 0.3) is 0 Å². The van der Waals surface area contributed by atoms with Crippen LogP contribution in [0.5, 0.6) is 0 Å². The Morgan fingerprint density at radius 3 is 2.08 bits per heavy atom. The van der Waals surface area contributed by atoms with E-state index in [9.17, 15) is 0 Å². The minimum atomic E-state index is 0.749. The Morgan fingerprint density at radius 2 is 1.44 bits per heavy atom. The van der Waals surface area contributed by atoms with Crippen LogP contribution in [0, 0.1) is 0 Å². The van der Waals surface area contributed by atoms with E-state index >= 15 is 0 Å². The third kappa shape index (κ3) is 9.67. The summed E-state index contributed by atoms with van der Waals surface area (Å²) in [7, 11) is 0. The Labute approximate surface area is 159 Å². The lowest BCUT2D eigenvalue weighted by Crippen LogP contribution is -2.07. The molecule has 25 heavy (non-hydrogen) atoms. The van der Waals surface area contributed by atoms with Gasteiger partial charge in [-0.25, -0.2) is 4.98 Å². The highest BCUT2D eigenvalue weighted by Gasteiger charge is 2.16. The number of unbranched alkanes of at least 4 members (excludes halogenated alkanes) is 10. The molecule has 1 aromatic rings. The Balaban J connectivity index is 1.43. The topological polar surface area (TPSA) is 41.6 Å². The average Bonchev–Trinajstić information content (AvgIpc) is 3.08.